The summed E-state index contributed by atoms with van der Waals surface area (Å²) in [6.45, 7) is 1.77. The van der Waals surface area contributed by atoms with Crippen LogP contribution in [-0.4, -0.2) is 46.4 Å². The monoisotopic (exact) mass is 551 g/mol. The van der Waals surface area contributed by atoms with Crippen LogP contribution in [0.3, 0.4) is 0 Å². The van der Waals surface area contributed by atoms with Crippen molar-refractivity contribution in [1.29, 1.82) is 0 Å². The molecule has 1 saturated carbocycles. The largest absolute Gasteiger partial charge is 0.359 e. The number of nitrogens with zero attached hydrogens (tertiary/aromatic N) is 1. The number of ether oxygens (including phenoxy) is 1. The molecule has 1 spiro atoms. The maximum absolute atomic E-state index is 14.7. The van der Waals surface area contributed by atoms with Gasteiger partial charge in [-0.2, -0.15) is 0 Å². The fourth-order valence-electron chi connectivity index (χ4n) is 6.67. The Morgan fingerprint density at radius 2 is 1.90 bits per heavy atom. The standard InChI is InChI=1S/C30H31ClFN3O4/c1-17-11-12-20(15-21(17)31)34-27(36)24-23-13-14-30(39-23)25(24)29(38)35(16-18-7-5-6-10-22(18)32)26(30)28(37)33-19-8-3-2-4-9-19/h5-7,10-15,19,23-26H,2-4,8-9,16H2,1H3,(H,33,37)(H,34,36)/t23-,24+,25-,26-,30-/m0/s1. The number of hydrogen-bond donors (Lipinski definition) is 2. The first-order valence-electron chi connectivity index (χ1n) is 13.6. The average molecular weight is 552 g/mol. The lowest BCUT2D eigenvalue weighted by Gasteiger charge is -2.34. The van der Waals surface area contributed by atoms with E-state index in [4.69, 9.17) is 16.3 Å². The molecule has 2 N–H and O–H groups in total. The Labute approximate surface area is 231 Å². The van der Waals surface area contributed by atoms with E-state index >= 15 is 0 Å². The molecule has 0 aromatic heterocycles. The molecule has 3 heterocycles. The van der Waals surface area contributed by atoms with Crippen LogP contribution >= 0.6 is 11.6 Å². The molecule has 3 amide bonds. The number of fused-ring (bicyclic) bond motifs is 1. The Kier molecular flexibility index (Phi) is 6.71. The van der Waals surface area contributed by atoms with Gasteiger partial charge in [-0.15, -0.1) is 0 Å². The highest BCUT2D eigenvalue weighted by molar-refractivity contribution is 6.31. The van der Waals surface area contributed by atoms with Crippen LogP contribution in [0.2, 0.25) is 5.02 Å². The number of amides is 3. The third kappa shape index (κ3) is 4.43. The molecule has 2 bridgehead atoms. The van der Waals surface area contributed by atoms with Gasteiger partial charge in [0.1, 0.15) is 17.5 Å². The SMILES string of the molecule is Cc1ccc(NC(=O)[C@@H]2[C@@H]3C=C[C@]4(O3)[C@@H]2C(=O)N(Cc2ccccc2F)[C@H]4C(=O)NC2CCCCC2)cc1Cl. The van der Waals surface area contributed by atoms with Gasteiger partial charge in [0.15, 0.2) is 0 Å². The van der Waals surface area contributed by atoms with Crippen LogP contribution in [0.15, 0.2) is 54.6 Å². The molecule has 0 radical (unpaired) electrons. The molecule has 1 aliphatic carbocycles. The lowest BCUT2D eigenvalue weighted by molar-refractivity contribution is -0.142. The summed E-state index contributed by atoms with van der Waals surface area (Å²) in [6, 6.07) is 10.4. The molecular weight excluding hydrogens is 521 g/mol. The van der Waals surface area contributed by atoms with Crippen molar-refractivity contribution in [2.24, 2.45) is 11.8 Å². The molecule has 3 fully saturated rings. The second-order valence-corrected chi connectivity index (χ2v) is 11.5. The number of hydrogen-bond acceptors (Lipinski definition) is 4. The summed E-state index contributed by atoms with van der Waals surface area (Å²) in [5.41, 5.74) is 0.378. The van der Waals surface area contributed by atoms with E-state index in [2.05, 4.69) is 10.6 Å². The van der Waals surface area contributed by atoms with E-state index in [1.165, 1.54) is 11.0 Å². The molecular formula is C30H31ClFN3O4. The molecule has 39 heavy (non-hydrogen) atoms. The summed E-state index contributed by atoms with van der Waals surface area (Å²) in [4.78, 5) is 42.9. The molecule has 0 unspecified atom stereocenters. The highest BCUT2D eigenvalue weighted by Gasteiger charge is 2.72. The van der Waals surface area contributed by atoms with Crippen molar-refractivity contribution in [2.45, 2.75) is 69.4 Å². The molecule has 9 heteroatoms. The fraction of sp³-hybridized carbons (Fsp3) is 0.433. The molecule has 3 aliphatic heterocycles. The van der Waals surface area contributed by atoms with Crippen molar-refractivity contribution in [3.05, 3.63) is 76.6 Å². The lowest BCUT2D eigenvalue weighted by Crippen LogP contribution is -2.56. The first-order chi connectivity index (χ1) is 18.8. The number of halogens is 2. The van der Waals surface area contributed by atoms with E-state index < -0.39 is 41.3 Å². The Hall–Kier alpha value is -3.23. The number of anilines is 1. The number of benzene rings is 2. The quantitative estimate of drug-likeness (QED) is 0.517. The summed E-state index contributed by atoms with van der Waals surface area (Å²) >= 11 is 6.25. The Morgan fingerprint density at radius 1 is 1.13 bits per heavy atom. The van der Waals surface area contributed by atoms with Gasteiger partial charge >= 0.3 is 0 Å². The van der Waals surface area contributed by atoms with E-state index in [1.807, 2.05) is 6.92 Å². The molecule has 204 valence electrons. The zero-order valence-corrected chi connectivity index (χ0v) is 22.4. The molecule has 7 nitrogen and oxygen atoms in total. The summed E-state index contributed by atoms with van der Waals surface area (Å²) in [6.07, 6.45) is 7.83. The molecule has 2 aromatic carbocycles. The minimum Gasteiger partial charge on any atom is -0.359 e. The van der Waals surface area contributed by atoms with E-state index in [0.29, 0.717) is 16.3 Å². The van der Waals surface area contributed by atoms with Crippen molar-refractivity contribution in [1.82, 2.24) is 10.2 Å². The first-order valence-corrected chi connectivity index (χ1v) is 13.9. The average Bonchev–Trinajstić information content (AvgIpc) is 3.56. The maximum atomic E-state index is 14.7. The van der Waals surface area contributed by atoms with Gasteiger partial charge in [-0.25, -0.2) is 4.39 Å². The van der Waals surface area contributed by atoms with Crippen LogP contribution < -0.4 is 10.6 Å². The smallest absolute Gasteiger partial charge is 0.246 e. The van der Waals surface area contributed by atoms with E-state index in [-0.39, 0.29) is 24.4 Å². The number of carbonyl (C=O) groups excluding carboxylic acids is 3. The highest BCUT2D eigenvalue weighted by Crippen LogP contribution is 2.55. The van der Waals surface area contributed by atoms with Crippen LogP contribution in [0.1, 0.15) is 43.2 Å². The topological polar surface area (TPSA) is 87.7 Å². The highest BCUT2D eigenvalue weighted by atomic mass is 35.5. The van der Waals surface area contributed by atoms with Gasteiger partial charge in [0.2, 0.25) is 17.7 Å². The first kappa shape index (κ1) is 26.0. The third-order valence-electron chi connectivity index (χ3n) is 8.61. The van der Waals surface area contributed by atoms with Gasteiger partial charge in [-0.05, 0) is 43.5 Å². The number of likely N-dealkylation sites (tertiary alicyclic amines) is 1. The zero-order chi connectivity index (χ0) is 27.3. The summed E-state index contributed by atoms with van der Waals surface area (Å²) in [5, 5.41) is 6.54. The van der Waals surface area contributed by atoms with Crippen LogP contribution in [0.25, 0.3) is 0 Å². The summed E-state index contributed by atoms with van der Waals surface area (Å²) < 4.78 is 21.1. The van der Waals surface area contributed by atoms with E-state index in [1.54, 1.807) is 48.6 Å². The summed E-state index contributed by atoms with van der Waals surface area (Å²) in [5.74, 6) is -3.33. The van der Waals surface area contributed by atoms with Crippen molar-refractivity contribution in [2.75, 3.05) is 5.32 Å². The number of nitrogens with one attached hydrogen (secondary N) is 2. The third-order valence-corrected chi connectivity index (χ3v) is 9.02. The predicted octanol–water partition coefficient (Wildman–Crippen LogP) is 4.53. The van der Waals surface area contributed by atoms with E-state index in [0.717, 1.165) is 37.7 Å². The number of rotatable bonds is 6. The maximum Gasteiger partial charge on any atom is 0.246 e. The molecule has 4 aliphatic rings. The predicted molar refractivity (Wildman–Crippen MR) is 144 cm³/mol. The Balaban J connectivity index is 1.33. The summed E-state index contributed by atoms with van der Waals surface area (Å²) in [7, 11) is 0. The number of aryl methyl sites for hydroxylation is 1. The second kappa shape index (κ2) is 10.1. The van der Waals surface area contributed by atoms with Crippen molar-refractivity contribution in [3.63, 3.8) is 0 Å². The number of carbonyl (C=O) groups is 3. The molecule has 2 aromatic rings. The molecule has 2 saturated heterocycles. The van der Waals surface area contributed by atoms with Crippen molar-refractivity contribution >= 4 is 35.0 Å². The second-order valence-electron chi connectivity index (χ2n) is 11.1. The van der Waals surface area contributed by atoms with Gasteiger partial charge in [0, 0.05) is 28.9 Å². The Bertz CT molecular complexity index is 1360. The normalized spacial score (nSPS) is 29.5. The fourth-order valence-corrected chi connectivity index (χ4v) is 6.85. The lowest BCUT2D eigenvalue weighted by atomic mass is 9.74. The van der Waals surface area contributed by atoms with E-state index in [9.17, 15) is 18.8 Å². The van der Waals surface area contributed by atoms with Gasteiger partial charge < -0.3 is 20.3 Å². The van der Waals surface area contributed by atoms with Gasteiger partial charge in [0.25, 0.3) is 0 Å². The molecule has 5 atom stereocenters. The van der Waals surface area contributed by atoms with Gasteiger partial charge in [-0.3, -0.25) is 14.4 Å². The van der Waals surface area contributed by atoms with Crippen molar-refractivity contribution < 1.29 is 23.5 Å². The van der Waals surface area contributed by atoms with Crippen LogP contribution in [0, 0.1) is 24.6 Å². The van der Waals surface area contributed by atoms with Crippen molar-refractivity contribution in [3.8, 4) is 0 Å². The molecule has 6 rings (SSSR count). The van der Waals surface area contributed by atoms with Crippen LogP contribution in [0.5, 0.6) is 0 Å². The van der Waals surface area contributed by atoms with Crippen LogP contribution in [0.4, 0.5) is 10.1 Å². The minimum absolute atomic E-state index is 0.0140. The van der Waals surface area contributed by atoms with Gasteiger partial charge in [0.05, 0.1) is 17.9 Å². The Morgan fingerprint density at radius 3 is 2.64 bits per heavy atom. The minimum atomic E-state index is -1.31. The zero-order valence-electron chi connectivity index (χ0n) is 21.7. The van der Waals surface area contributed by atoms with Crippen LogP contribution in [-0.2, 0) is 25.7 Å². The van der Waals surface area contributed by atoms with Gasteiger partial charge in [-0.1, -0.05) is 67.3 Å².